The maximum atomic E-state index is 11.1. The second kappa shape index (κ2) is 30.5. The molecule has 0 saturated heterocycles. The molecular weight excluding hydrogens is 404 g/mol. The fourth-order valence-electron chi connectivity index (χ4n) is 1.80. The molecule has 9 nitrogen and oxygen atoms in total. The highest BCUT2D eigenvalue weighted by molar-refractivity contribution is 5.75. The number of nitrogens with two attached hydrogens (primary N) is 1. The number of terminal acetylenes is 2. The van der Waals surface area contributed by atoms with E-state index in [4.69, 9.17) is 47.0 Å². The summed E-state index contributed by atoms with van der Waals surface area (Å²) in [4.78, 5) is 11.1. The van der Waals surface area contributed by atoms with Crippen LogP contribution in [-0.2, 0) is 33.2 Å². The van der Waals surface area contributed by atoms with Gasteiger partial charge in [0.15, 0.2) is 0 Å². The van der Waals surface area contributed by atoms with Crippen molar-refractivity contribution in [1.29, 1.82) is 0 Å². The summed E-state index contributed by atoms with van der Waals surface area (Å²) in [5.41, 5.74) is 5.22. The van der Waals surface area contributed by atoms with E-state index in [-0.39, 0.29) is 5.91 Å². The highest BCUT2D eigenvalue weighted by Gasteiger charge is 1.97. The Hall–Kier alpha value is -1.69. The van der Waals surface area contributed by atoms with Crippen LogP contribution in [0.25, 0.3) is 0 Å². The number of amides is 1. The summed E-state index contributed by atoms with van der Waals surface area (Å²) < 4.78 is 30.8. The zero-order chi connectivity index (χ0) is 23.3. The lowest BCUT2D eigenvalue weighted by molar-refractivity contribution is -0.121. The summed E-state index contributed by atoms with van der Waals surface area (Å²) in [6, 6.07) is 0. The van der Waals surface area contributed by atoms with Gasteiger partial charge in [0.25, 0.3) is 0 Å². The van der Waals surface area contributed by atoms with Crippen molar-refractivity contribution in [2.24, 2.45) is 5.73 Å². The third-order valence-corrected chi connectivity index (χ3v) is 3.17. The lowest BCUT2D eigenvalue weighted by Gasteiger charge is -2.06. The zero-order valence-corrected chi connectivity index (χ0v) is 18.9. The molecule has 0 bridgehead atoms. The van der Waals surface area contributed by atoms with Crippen LogP contribution in [0, 0.1) is 24.7 Å². The zero-order valence-electron chi connectivity index (χ0n) is 18.9. The second-order valence-corrected chi connectivity index (χ2v) is 5.85. The van der Waals surface area contributed by atoms with Crippen molar-refractivity contribution in [3.63, 3.8) is 0 Å². The first-order chi connectivity index (χ1) is 15.2. The number of hydrogen-bond acceptors (Lipinski definition) is 8. The van der Waals surface area contributed by atoms with Crippen molar-refractivity contribution in [3.05, 3.63) is 0 Å². The van der Waals surface area contributed by atoms with Crippen LogP contribution in [-0.4, -0.2) is 98.3 Å². The smallest absolute Gasteiger partial charge is 0.220 e. The van der Waals surface area contributed by atoms with Gasteiger partial charge in [0, 0.05) is 19.5 Å². The molecule has 0 aliphatic heterocycles. The Bertz CT molecular complexity index is 450. The van der Waals surface area contributed by atoms with E-state index < -0.39 is 0 Å². The van der Waals surface area contributed by atoms with Crippen LogP contribution in [0.3, 0.4) is 0 Å². The Morgan fingerprint density at radius 2 is 1.16 bits per heavy atom. The summed E-state index contributed by atoms with van der Waals surface area (Å²) in [5, 5.41) is 2.77. The Labute approximate surface area is 187 Å². The molecule has 0 spiro atoms. The lowest BCUT2D eigenvalue weighted by Crippen LogP contribution is -2.27. The van der Waals surface area contributed by atoms with Crippen LogP contribution in [0.5, 0.6) is 0 Å². The average molecular weight is 445 g/mol. The summed E-state index contributed by atoms with van der Waals surface area (Å²) in [7, 11) is 0. The van der Waals surface area contributed by atoms with Gasteiger partial charge in [-0.3, -0.25) is 4.79 Å². The molecule has 3 N–H and O–H groups in total. The van der Waals surface area contributed by atoms with Crippen molar-refractivity contribution in [2.75, 3.05) is 92.4 Å². The molecule has 0 rings (SSSR count). The van der Waals surface area contributed by atoms with E-state index >= 15 is 0 Å². The SMILES string of the molecule is C#CCOCCOCCOCCN.C#CCOCCOCCOCCNC(=O)CCC. The molecule has 31 heavy (non-hydrogen) atoms. The summed E-state index contributed by atoms with van der Waals surface area (Å²) in [6.07, 6.45) is 11.4. The molecule has 0 heterocycles. The van der Waals surface area contributed by atoms with Gasteiger partial charge in [-0.25, -0.2) is 0 Å². The number of carbonyl (C=O) groups is 1. The van der Waals surface area contributed by atoms with Crippen molar-refractivity contribution in [2.45, 2.75) is 19.8 Å². The molecular formula is C22H40N2O7. The maximum absolute atomic E-state index is 11.1. The highest BCUT2D eigenvalue weighted by Crippen LogP contribution is 1.85. The summed E-state index contributed by atoms with van der Waals surface area (Å²) in [6.45, 7) is 9.07. The van der Waals surface area contributed by atoms with E-state index in [1.165, 1.54) is 0 Å². The van der Waals surface area contributed by atoms with E-state index in [1.807, 2.05) is 6.92 Å². The van der Waals surface area contributed by atoms with Gasteiger partial charge in [0.05, 0.1) is 66.1 Å². The van der Waals surface area contributed by atoms with Gasteiger partial charge in [0.1, 0.15) is 13.2 Å². The number of nitrogens with one attached hydrogen (secondary N) is 1. The van der Waals surface area contributed by atoms with Crippen LogP contribution >= 0.6 is 0 Å². The van der Waals surface area contributed by atoms with E-state index in [1.54, 1.807) is 0 Å². The number of hydrogen-bond donors (Lipinski definition) is 2. The van der Waals surface area contributed by atoms with E-state index in [9.17, 15) is 4.79 Å². The van der Waals surface area contributed by atoms with Gasteiger partial charge in [-0.15, -0.1) is 12.8 Å². The van der Waals surface area contributed by atoms with Gasteiger partial charge in [-0.05, 0) is 6.42 Å². The largest absolute Gasteiger partial charge is 0.378 e. The molecule has 0 aromatic rings. The van der Waals surface area contributed by atoms with E-state index in [2.05, 4.69) is 17.2 Å². The van der Waals surface area contributed by atoms with Gasteiger partial charge in [-0.2, -0.15) is 0 Å². The normalized spacial score (nSPS) is 9.94. The van der Waals surface area contributed by atoms with Crippen molar-refractivity contribution < 1.29 is 33.2 Å². The molecule has 0 aromatic heterocycles. The fourth-order valence-corrected chi connectivity index (χ4v) is 1.80. The van der Waals surface area contributed by atoms with Crippen LogP contribution in [0.4, 0.5) is 0 Å². The molecule has 0 aliphatic carbocycles. The summed E-state index contributed by atoms with van der Waals surface area (Å²) >= 11 is 0. The monoisotopic (exact) mass is 444 g/mol. The Morgan fingerprint density at radius 1 is 0.742 bits per heavy atom. The molecule has 0 saturated carbocycles. The minimum Gasteiger partial charge on any atom is -0.378 e. The maximum Gasteiger partial charge on any atom is 0.220 e. The van der Waals surface area contributed by atoms with Gasteiger partial charge >= 0.3 is 0 Å². The van der Waals surface area contributed by atoms with Crippen molar-refractivity contribution >= 4 is 5.91 Å². The number of rotatable bonds is 21. The van der Waals surface area contributed by atoms with Crippen LogP contribution in [0.1, 0.15) is 19.8 Å². The predicted molar refractivity (Wildman–Crippen MR) is 120 cm³/mol. The molecule has 0 atom stereocenters. The summed E-state index contributed by atoms with van der Waals surface area (Å²) in [5.74, 6) is 4.82. The van der Waals surface area contributed by atoms with Crippen LogP contribution in [0.2, 0.25) is 0 Å². The van der Waals surface area contributed by atoms with Gasteiger partial charge in [-0.1, -0.05) is 18.8 Å². The Morgan fingerprint density at radius 3 is 1.58 bits per heavy atom. The molecule has 0 aromatic carbocycles. The first kappa shape index (κ1) is 31.5. The lowest BCUT2D eigenvalue weighted by atomic mass is 10.3. The topological polar surface area (TPSA) is 110 Å². The average Bonchev–Trinajstić information content (AvgIpc) is 2.77. The molecule has 0 fully saturated rings. The Kier molecular flexibility index (Phi) is 31.0. The first-order valence-electron chi connectivity index (χ1n) is 10.5. The van der Waals surface area contributed by atoms with Crippen LogP contribution in [0.15, 0.2) is 0 Å². The minimum absolute atomic E-state index is 0.0722. The predicted octanol–water partition coefficient (Wildman–Crippen LogP) is 0.214. The molecule has 1 amide bonds. The number of ether oxygens (including phenoxy) is 6. The third-order valence-electron chi connectivity index (χ3n) is 3.17. The van der Waals surface area contributed by atoms with Crippen molar-refractivity contribution in [3.8, 4) is 24.7 Å². The molecule has 180 valence electrons. The third kappa shape index (κ3) is 33.2. The van der Waals surface area contributed by atoms with Crippen LogP contribution < -0.4 is 11.1 Å². The van der Waals surface area contributed by atoms with E-state index in [0.717, 1.165) is 6.42 Å². The molecule has 0 radical (unpaired) electrons. The standard InChI is InChI=1S/C13H23NO4.C9H17NO3/c1-3-5-13(15)14-6-8-17-10-12-18-11-9-16-7-4-2;1-2-4-11-6-8-13-9-7-12-5-3-10/h2H,3,5-12H2,1H3,(H,14,15);1H,3-10H2. The second-order valence-electron chi connectivity index (χ2n) is 5.85. The highest BCUT2D eigenvalue weighted by atomic mass is 16.5. The molecule has 0 aliphatic rings. The molecule has 0 unspecified atom stereocenters. The van der Waals surface area contributed by atoms with E-state index in [0.29, 0.717) is 98.8 Å². The van der Waals surface area contributed by atoms with Gasteiger partial charge in [0.2, 0.25) is 5.91 Å². The quantitative estimate of drug-likeness (QED) is 0.191. The molecule has 9 heteroatoms. The first-order valence-corrected chi connectivity index (χ1v) is 10.5. The minimum atomic E-state index is 0.0722. The van der Waals surface area contributed by atoms with Crippen molar-refractivity contribution in [1.82, 2.24) is 5.32 Å². The number of carbonyl (C=O) groups excluding carboxylic acids is 1. The fraction of sp³-hybridized carbons (Fsp3) is 0.773. The Balaban J connectivity index is 0. The van der Waals surface area contributed by atoms with Gasteiger partial charge < -0.3 is 39.5 Å².